The van der Waals surface area contributed by atoms with Gasteiger partial charge in [-0.3, -0.25) is 9.69 Å². The number of nitrogens with two attached hydrogens (primary N) is 1. The van der Waals surface area contributed by atoms with Gasteiger partial charge in [0.05, 0.1) is 5.69 Å². The van der Waals surface area contributed by atoms with Crippen molar-refractivity contribution in [2.45, 2.75) is 6.54 Å². The third-order valence-electron chi connectivity index (χ3n) is 5.39. The van der Waals surface area contributed by atoms with Crippen molar-refractivity contribution in [3.63, 3.8) is 0 Å². The van der Waals surface area contributed by atoms with Crippen LogP contribution in [0.2, 0.25) is 0 Å². The first-order chi connectivity index (χ1) is 14.7. The fraction of sp³-hybridized carbons (Fsp3) is 0.273. The molecular weight excluding hydrogens is 400 g/mol. The smallest absolute Gasteiger partial charge is 0.266 e. The Labute approximate surface area is 178 Å². The molecule has 30 heavy (non-hydrogen) atoms. The summed E-state index contributed by atoms with van der Waals surface area (Å²) in [5, 5.41) is 0.415. The highest BCUT2D eigenvalue weighted by molar-refractivity contribution is 7.17. The average Bonchev–Trinajstić information content (AvgIpc) is 3.40. The lowest BCUT2D eigenvalue weighted by Gasteiger charge is -2.34. The van der Waals surface area contributed by atoms with Crippen LogP contribution in [0.3, 0.4) is 0 Å². The number of rotatable bonds is 4. The maximum atomic E-state index is 13.2. The Morgan fingerprint density at radius 2 is 1.80 bits per heavy atom. The summed E-state index contributed by atoms with van der Waals surface area (Å²) in [5.74, 6) is 1.61. The molecule has 1 saturated heterocycles. The number of nitrogen functional groups attached to an aromatic ring is 1. The number of aromatic nitrogens is 1. The second-order valence-electron chi connectivity index (χ2n) is 7.35. The van der Waals surface area contributed by atoms with E-state index < -0.39 is 0 Å². The number of hydrogen-bond donors (Lipinski definition) is 1. The van der Waals surface area contributed by atoms with Gasteiger partial charge in [0, 0.05) is 38.3 Å². The minimum absolute atomic E-state index is 0.00535. The van der Waals surface area contributed by atoms with Gasteiger partial charge in [0.1, 0.15) is 4.88 Å². The van der Waals surface area contributed by atoms with E-state index in [1.807, 2.05) is 47.4 Å². The van der Waals surface area contributed by atoms with Crippen molar-refractivity contribution in [1.29, 1.82) is 0 Å². The molecular formula is C22H22N4O3S. The zero-order valence-electron chi connectivity index (χ0n) is 16.4. The van der Waals surface area contributed by atoms with Crippen molar-refractivity contribution < 1.29 is 14.3 Å². The van der Waals surface area contributed by atoms with Gasteiger partial charge in [0.25, 0.3) is 5.91 Å². The highest BCUT2D eigenvalue weighted by atomic mass is 32.1. The molecule has 3 aromatic rings. The molecule has 3 heterocycles. The lowest BCUT2D eigenvalue weighted by Crippen LogP contribution is -2.48. The van der Waals surface area contributed by atoms with Gasteiger partial charge < -0.3 is 20.1 Å². The first kappa shape index (κ1) is 18.9. The van der Waals surface area contributed by atoms with Crippen molar-refractivity contribution in [2.24, 2.45) is 0 Å². The second kappa shape index (κ2) is 7.97. The van der Waals surface area contributed by atoms with Gasteiger partial charge in [0.15, 0.2) is 16.6 Å². The van der Waals surface area contributed by atoms with Gasteiger partial charge in [0.2, 0.25) is 6.79 Å². The van der Waals surface area contributed by atoms with Crippen LogP contribution < -0.4 is 15.2 Å². The third kappa shape index (κ3) is 3.71. The SMILES string of the molecule is Nc1nc(-c2ccccc2)c(C(=O)N2CCN(Cc3ccc4c(c3)OCO4)CC2)s1. The van der Waals surface area contributed by atoms with E-state index in [0.717, 1.165) is 36.7 Å². The molecule has 0 bridgehead atoms. The molecule has 1 amide bonds. The van der Waals surface area contributed by atoms with Crippen LogP contribution in [0.1, 0.15) is 15.2 Å². The zero-order chi connectivity index (χ0) is 20.5. The van der Waals surface area contributed by atoms with Crippen LogP contribution in [0.4, 0.5) is 5.13 Å². The normalized spacial score (nSPS) is 16.1. The van der Waals surface area contributed by atoms with Crippen molar-refractivity contribution >= 4 is 22.4 Å². The van der Waals surface area contributed by atoms with E-state index in [2.05, 4.69) is 16.0 Å². The molecule has 0 spiro atoms. The molecule has 154 valence electrons. The Morgan fingerprint density at radius 3 is 2.60 bits per heavy atom. The number of amides is 1. The summed E-state index contributed by atoms with van der Waals surface area (Å²) in [5.41, 5.74) is 8.71. The van der Waals surface area contributed by atoms with Crippen LogP contribution in [-0.2, 0) is 6.54 Å². The number of carbonyl (C=O) groups excluding carboxylic acids is 1. The molecule has 0 aliphatic carbocycles. The van der Waals surface area contributed by atoms with E-state index in [1.165, 1.54) is 16.9 Å². The fourth-order valence-electron chi connectivity index (χ4n) is 3.82. The molecule has 2 aliphatic heterocycles. The molecule has 0 saturated carbocycles. The number of fused-ring (bicyclic) bond motifs is 1. The molecule has 2 aromatic carbocycles. The summed E-state index contributed by atoms with van der Waals surface area (Å²) in [4.78, 5) is 22.5. The first-order valence-electron chi connectivity index (χ1n) is 9.89. The van der Waals surface area contributed by atoms with E-state index in [1.54, 1.807) is 0 Å². The van der Waals surface area contributed by atoms with Gasteiger partial charge in [-0.2, -0.15) is 0 Å². The number of carbonyl (C=O) groups is 1. The summed E-state index contributed by atoms with van der Waals surface area (Å²) in [6, 6.07) is 15.8. The van der Waals surface area contributed by atoms with Gasteiger partial charge in [-0.1, -0.05) is 47.7 Å². The highest BCUT2D eigenvalue weighted by Crippen LogP contribution is 2.33. The Hall–Kier alpha value is -3.10. The molecule has 0 atom stereocenters. The number of nitrogens with zero attached hydrogens (tertiary/aromatic N) is 3. The van der Waals surface area contributed by atoms with Crippen LogP contribution in [0.25, 0.3) is 11.3 Å². The fourth-order valence-corrected chi connectivity index (χ4v) is 4.65. The van der Waals surface area contributed by atoms with E-state index in [0.29, 0.717) is 28.8 Å². The quantitative estimate of drug-likeness (QED) is 0.696. The van der Waals surface area contributed by atoms with Crippen LogP contribution in [0.5, 0.6) is 11.5 Å². The van der Waals surface area contributed by atoms with Crippen LogP contribution in [0, 0.1) is 0 Å². The Morgan fingerprint density at radius 1 is 1.03 bits per heavy atom. The van der Waals surface area contributed by atoms with Gasteiger partial charge in [-0.05, 0) is 17.7 Å². The number of ether oxygens (including phenoxy) is 2. The minimum atomic E-state index is 0.00535. The van der Waals surface area contributed by atoms with Crippen LogP contribution in [-0.4, -0.2) is 53.7 Å². The van der Waals surface area contributed by atoms with Gasteiger partial charge in [-0.25, -0.2) is 4.98 Å². The largest absolute Gasteiger partial charge is 0.454 e. The lowest BCUT2D eigenvalue weighted by atomic mass is 10.1. The monoisotopic (exact) mass is 422 g/mol. The number of thiazole rings is 1. The molecule has 0 unspecified atom stereocenters. The lowest BCUT2D eigenvalue weighted by molar-refractivity contribution is 0.0633. The Bertz CT molecular complexity index is 1060. The average molecular weight is 423 g/mol. The Kier molecular flexibility index (Phi) is 5.02. The van der Waals surface area contributed by atoms with E-state index in [9.17, 15) is 4.79 Å². The standard InChI is InChI=1S/C22H22N4O3S/c23-22-24-19(16-4-2-1-3-5-16)20(30-22)21(27)26-10-8-25(9-11-26)13-15-6-7-17-18(12-15)29-14-28-17/h1-7,12H,8-11,13-14H2,(H2,23,24). The summed E-state index contributed by atoms with van der Waals surface area (Å²) in [7, 11) is 0. The highest BCUT2D eigenvalue weighted by Gasteiger charge is 2.27. The molecule has 5 rings (SSSR count). The summed E-state index contributed by atoms with van der Waals surface area (Å²) in [6.07, 6.45) is 0. The summed E-state index contributed by atoms with van der Waals surface area (Å²) in [6.45, 7) is 4.09. The number of hydrogen-bond acceptors (Lipinski definition) is 7. The predicted octanol–water partition coefficient (Wildman–Crippen LogP) is 3.08. The van der Waals surface area contributed by atoms with E-state index >= 15 is 0 Å². The molecule has 8 heteroatoms. The molecule has 0 radical (unpaired) electrons. The van der Waals surface area contributed by atoms with Crippen molar-refractivity contribution in [3.8, 4) is 22.8 Å². The first-order valence-corrected chi connectivity index (χ1v) is 10.7. The molecule has 2 N–H and O–H groups in total. The molecule has 2 aliphatic rings. The predicted molar refractivity (Wildman–Crippen MR) is 116 cm³/mol. The van der Waals surface area contributed by atoms with E-state index in [4.69, 9.17) is 15.2 Å². The Balaban J connectivity index is 1.24. The zero-order valence-corrected chi connectivity index (χ0v) is 17.2. The summed E-state index contributed by atoms with van der Waals surface area (Å²) < 4.78 is 10.8. The van der Waals surface area contributed by atoms with Gasteiger partial charge in [-0.15, -0.1) is 0 Å². The molecule has 1 fully saturated rings. The maximum Gasteiger partial charge on any atom is 0.266 e. The minimum Gasteiger partial charge on any atom is -0.454 e. The van der Waals surface area contributed by atoms with Crippen molar-refractivity contribution in [2.75, 3.05) is 38.7 Å². The number of anilines is 1. The third-order valence-corrected chi connectivity index (χ3v) is 6.26. The number of piperazine rings is 1. The topological polar surface area (TPSA) is 80.9 Å². The summed E-state index contributed by atoms with van der Waals surface area (Å²) >= 11 is 1.26. The molecule has 1 aromatic heterocycles. The van der Waals surface area contributed by atoms with Gasteiger partial charge >= 0.3 is 0 Å². The van der Waals surface area contributed by atoms with E-state index in [-0.39, 0.29) is 12.7 Å². The van der Waals surface area contributed by atoms with Crippen molar-refractivity contribution in [3.05, 3.63) is 59.0 Å². The molecule has 7 nitrogen and oxygen atoms in total. The van der Waals surface area contributed by atoms with Crippen molar-refractivity contribution in [1.82, 2.24) is 14.8 Å². The van der Waals surface area contributed by atoms with Crippen LogP contribution >= 0.6 is 11.3 Å². The maximum absolute atomic E-state index is 13.2. The second-order valence-corrected chi connectivity index (χ2v) is 8.38. The van der Waals surface area contributed by atoms with Crippen LogP contribution in [0.15, 0.2) is 48.5 Å². The number of benzene rings is 2.